The second-order valence-corrected chi connectivity index (χ2v) is 8.32. The Kier molecular flexibility index (Phi) is 5.35. The summed E-state index contributed by atoms with van der Waals surface area (Å²) in [7, 11) is 2.07. The third-order valence-corrected chi connectivity index (χ3v) is 5.92. The first-order chi connectivity index (χ1) is 16.2. The van der Waals surface area contributed by atoms with Gasteiger partial charge in [0.05, 0.1) is 24.0 Å². The summed E-state index contributed by atoms with van der Waals surface area (Å²) in [5.74, 6) is 0.237. The number of alkyl halides is 3. The summed E-state index contributed by atoms with van der Waals surface area (Å²) in [6.07, 6.45) is -0.554. The molecule has 0 saturated carbocycles. The largest absolute Gasteiger partial charge is 0.419 e. The van der Waals surface area contributed by atoms with Crippen LogP contribution in [0.25, 0.3) is 21.9 Å². The average Bonchev–Trinajstić information content (AvgIpc) is 3.07. The maximum atomic E-state index is 14.8. The molecule has 0 spiro atoms. The van der Waals surface area contributed by atoms with Gasteiger partial charge in [-0.2, -0.15) is 18.3 Å². The van der Waals surface area contributed by atoms with Crippen LogP contribution in [0.2, 0.25) is 0 Å². The van der Waals surface area contributed by atoms with Crippen molar-refractivity contribution in [3.8, 4) is 11.1 Å². The first-order valence-electron chi connectivity index (χ1n) is 10.6. The molecule has 0 unspecified atom stereocenters. The van der Waals surface area contributed by atoms with E-state index in [0.717, 1.165) is 50.2 Å². The van der Waals surface area contributed by atoms with E-state index in [-0.39, 0.29) is 5.56 Å². The summed E-state index contributed by atoms with van der Waals surface area (Å²) >= 11 is 0. The first-order valence-corrected chi connectivity index (χ1v) is 10.6. The van der Waals surface area contributed by atoms with E-state index in [2.05, 4.69) is 32.3 Å². The van der Waals surface area contributed by atoms with Gasteiger partial charge in [0.2, 0.25) is 0 Å². The number of likely N-dealkylation sites (N-methyl/N-ethyl adjacent to an activating group) is 1. The zero-order chi connectivity index (χ0) is 24.0. The summed E-state index contributed by atoms with van der Waals surface area (Å²) in [4.78, 5) is 10.3. The van der Waals surface area contributed by atoms with Gasteiger partial charge in [0, 0.05) is 60.2 Å². The molecular weight excluding hydrogens is 450 g/mol. The van der Waals surface area contributed by atoms with Gasteiger partial charge in [0.25, 0.3) is 0 Å². The number of nitrogens with two attached hydrogens (primary N) is 1. The highest BCUT2D eigenvalue weighted by Crippen LogP contribution is 2.41. The van der Waals surface area contributed by atoms with Crippen molar-refractivity contribution in [2.75, 3.05) is 31.2 Å². The number of nitrogen functional groups attached to an aromatic ring is 1. The van der Waals surface area contributed by atoms with Gasteiger partial charge in [0.1, 0.15) is 11.6 Å². The second kappa shape index (κ2) is 8.24. The zero-order valence-electron chi connectivity index (χ0n) is 18.2. The molecule has 0 radical (unpaired) electrons. The lowest BCUT2D eigenvalue weighted by Gasteiger charge is -2.16. The summed E-state index contributed by atoms with van der Waals surface area (Å²) in [5.41, 5.74) is 4.31. The Morgan fingerprint density at radius 1 is 0.941 bits per heavy atom. The summed E-state index contributed by atoms with van der Waals surface area (Å²) < 4.78 is 57.7. The normalized spacial score (nSPS) is 14.7. The lowest BCUT2D eigenvalue weighted by Crippen LogP contribution is -2.21. The van der Waals surface area contributed by atoms with E-state index in [4.69, 9.17) is 5.73 Å². The van der Waals surface area contributed by atoms with Gasteiger partial charge < -0.3 is 16.0 Å². The Hall–Kier alpha value is -3.73. The number of aromatic nitrogens is 4. The van der Waals surface area contributed by atoms with Crippen LogP contribution < -0.4 is 11.1 Å². The molecule has 0 atom stereocenters. The van der Waals surface area contributed by atoms with Gasteiger partial charge in [0.15, 0.2) is 5.82 Å². The quantitative estimate of drug-likeness (QED) is 0.429. The van der Waals surface area contributed by atoms with Crippen LogP contribution in [0.3, 0.4) is 0 Å². The number of benzene rings is 1. The van der Waals surface area contributed by atoms with Crippen molar-refractivity contribution in [1.82, 2.24) is 24.6 Å². The molecule has 3 aromatic heterocycles. The van der Waals surface area contributed by atoms with Gasteiger partial charge >= 0.3 is 6.18 Å². The predicted octanol–water partition coefficient (Wildman–Crippen LogP) is 4.46. The van der Waals surface area contributed by atoms with Crippen LogP contribution in [0, 0.1) is 5.82 Å². The minimum Gasteiger partial charge on any atom is -0.397 e. The molecule has 5 rings (SSSR count). The maximum Gasteiger partial charge on any atom is 0.419 e. The van der Waals surface area contributed by atoms with Crippen LogP contribution in [0.4, 0.5) is 34.9 Å². The molecule has 4 heterocycles. The van der Waals surface area contributed by atoms with E-state index in [0.29, 0.717) is 22.4 Å². The molecule has 0 amide bonds. The van der Waals surface area contributed by atoms with Crippen LogP contribution in [0.15, 0.2) is 42.9 Å². The smallest absolute Gasteiger partial charge is 0.397 e. The highest BCUT2D eigenvalue weighted by atomic mass is 19.4. The van der Waals surface area contributed by atoms with Gasteiger partial charge in [-0.3, -0.25) is 9.67 Å². The number of fused-ring (bicyclic) bond motifs is 2. The van der Waals surface area contributed by atoms with E-state index < -0.39 is 28.8 Å². The number of halogens is 4. The number of nitrogens with one attached hydrogen (secondary N) is 1. The van der Waals surface area contributed by atoms with Crippen molar-refractivity contribution in [2.24, 2.45) is 0 Å². The second-order valence-electron chi connectivity index (χ2n) is 8.32. The van der Waals surface area contributed by atoms with Crippen LogP contribution in [-0.4, -0.2) is 44.8 Å². The third kappa shape index (κ3) is 4.14. The van der Waals surface area contributed by atoms with Crippen molar-refractivity contribution in [3.05, 3.63) is 59.9 Å². The van der Waals surface area contributed by atoms with Crippen LogP contribution >= 0.6 is 0 Å². The Labute approximate surface area is 192 Å². The van der Waals surface area contributed by atoms with E-state index in [1.165, 1.54) is 12.3 Å². The molecule has 0 fully saturated rings. The molecule has 11 heteroatoms. The van der Waals surface area contributed by atoms with Gasteiger partial charge in [-0.15, -0.1) is 0 Å². The standard InChI is InChI=1S/C23H21F4N7/c1-33-3-2-15-9-21(32-34(15)5-4-33)31-20-8-13-6-16(18(24)7-14(13)10-30-20)17-11-29-12-19(28)22(17)23(25,26)27/h6-12H,2-5,28H2,1H3,(H,30,31,32). The van der Waals surface area contributed by atoms with Crippen molar-refractivity contribution >= 4 is 28.1 Å². The first kappa shape index (κ1) is 22.1. The maximum absolute atomic E-state index is 14.8. The fraction of sp³-hybridized carbons (Fsp3) is 0.261. The summed E-state index contributed by atoms with van der Waals surface area (Å²) in [6.45, 7) is 2.61. The topological polar surface area (TPSA) is 84.9 Å². The van der Waals surface area contributed by atoms with Crippen molar-refractivity contribution in [1.29, 1.82) is 0 Å². The molecule has 1 aromatic carbocycles. The minimum atomic E-state index is -4.76. The molecule has 3 N–H and O–H groups in total. The molecule has 176 valence electrons. The summed E-state index contributed by atoms with van der Waals surface area (Å²) in [5, 5.41) is 8.67. The molecule has 4 aromatic rings. The van der Waals surface area contributed by atoms with Gasteiger partial charge in [-0.25, -0.2) is 9.37 Å². The zero-order valence-corrected chi connectivity index (χ0v) is 18.2. The van der Waals surface area contributed by atoms with E-state index in [1.54, 1.807) is 6.07 Å². The molecule has 0 saturated heterocycles. The van der Waals surface area contributed by atoms with Crippen molar-refractivity contribution in [3.63, 3.8) is 0 Å². The fourth-order valence-corrected chi connectivity index (χ4v) is 4.16. The van der Waals surface area contributed by atoms with E-state index in [1.807, 2.05) is 10.7 Å². The number of rotatable bonds is 3. The molecule has 0 aliphatic carbocycles. The Morgan fingerprint density at radius 2 is 1.76 bits per heavy atom. The highest BCUT2D eigenvalue weighted by Gasteiger charge is 2.37. The van der Waals surface area contributed by atoms with E-state index >= 15 is 0 Å². The monoisotopic (exact) mass is 471 g/mol. The van der Waals surface area contributed by atoms with Crippen LogP contribution in [0.1, 0.15) is 11.3 Å². The number of hydrogen-bond donors (Lipinski definition) is 2. The highest BCUT2D eigenvalue weighted by molar-refractivity contribution is 5.90. The lowest BCUT2D eigenvalue weighted by molar-refractivity contribution is -0.136. The summed E-state index contributed by atoms with van der Waals surface area (Å²) in [6, 6.07) is 6.10. The third-order valence-electron chi connectivity index (χ3n) is 5.92. The van der Waals surface area contributed by atoms with Crippen molar-refractivity contribution < 1.29 is 17.6 Å². The van der Waals surface area contributed by atoms with Gasteiger partial charge in [-0.1, -0.05) is 0 Å². The molecule has 0 bridgehead atoms. The molecular formula is C23H21F4N7. The number of nitrogens with zero attached hydrogens (tertiary/aromatic N) is 5. The van der Waals surface area contributed by atoms with Crippen LogP contribution in [-0.2, 0) is 19.1 Å². The van der Waals surface area contributed by atoms with E-state index in [9.17, 15) is 17.6 Å². The average molecular weight is 471 g/mol. The molecule has 34 heavy (non-hydrogen) atoms. The number of pyridine rings is 2. The van der Waals surface area contributed by atoms with Gasteiger partial charge in [-0.05, 0) is 30.6 Å². The Balaban J connectivity index is 1.51. The SMILES string of the molecule is CN1CCc2cc(Nc3cc4cc(-c5cncc(N)c5C(F)(F)F)c(F)cc4cn3)nn2CC1. The molecule has 1 aliphatic rings. The molecule has 1 aliphatic heterocycles. The Morgan fingerprint density at radius 3 is 2.56 bits per heavy atom. The predicted molar refractivity (Wildman–Crippen MR) is 121 cm³/mol. The van der Waals surface area contributed by atoms with Crippen molar-refractivity contribution in [2.45, 2.75) is 19.1 Å². The molecule has 7 nitrogen and oxygen atoms in total. The van der Waals surface area contributed by atoms with Crippen LogP contribution in [0.5, 0.6) is 0 Å². The Bertz CT molecular complexity index is 1350. The lowest BCUT2D eigenvalue weighted by atomic mass is 9.97. The number of anilines is 3. The number of hydrogen-bond acceptors (Lipinski definition) is 6. The fourth-order valence-electron chi connectivity index (χ4n) is 4.16. The minimum absolute atomic E-state index is 0.241.